The Balaban J connectivity index is 1.93. The molecule has 4 nitrogen and oxygen atoms in total. The van der Waals surface area contributed by atoms with E-state index in [1.165, 1.54) is 12.8 Å². The molecule has 0 aliphatic heterocycles. The third kappa shape index (κ3) is 3.22. The van der Waals surface area contributed by atoms with Crippen LogP contribution in [-0.4, -0.2) is 36.5 Å². The number of hydrogen-bond acceptors (Lipinski definition) is 4. The number of anilines is 2. The van der Waals surface area contributed by atoms with Crippen LogP contribution in [0.3, 0.4) is 0 Å². The van der Waals surface area contributed by atoms with E-state index in [2.05, 4.69) is 15.3 Å². The number of aromatic nitrogens is 2. The third-order valence-corrected chi connectivity index (χ3v) is 3.46. The second kappa shape index (κ2) is 5.08. The molecule has 0 bridgehead atoms. The van der Waals surface area contributed by atoms with Gasteiger partial charge in [0.15, 0.2) is 0 Å². The topological polar surface area (TPSA) is 41.1 Å². The van der Waals surface area contributed by atoms with Gasteiger partial charge in [-0.15, -0.1) is 11.6 Å². The lowest BCUT2D eigenvalue weighted by molar-refractivity contribution is 0.524. The van der Waals surface area contributed by atoms with Gasteiger partial charge in [0, 0.05) is 32.7 Å². The van der Waals surface area contributed by atoms with Crippen LogP contribution in [0.1, 0.15) is 19.3 Å². The molecule has 1 N–H and O–H groups in total. The molecule has 94 valence electrons. The first-order valence-electron chi connectivity index (χ1n) is 5.95. The maximum absolute atomic E-state index is 5.81. The number of nitrogens with one attached hydrogen (secondary N) is 1. The number of nitrogens with zero attached hydrogens (tertiary/aromatic N) is 3. The molecular weight excluding hydrogens is 236 g/mol. The van der Waals surface area contributed by atoms with Crippen LogP contribution in [-0.2, 0) is 0 Å². The van der Waals surface area contributed by atoms with Crippen LogP contribution in [0.15, 0.2) is 12.3 Å². The Labute approximate surface area is 107 Å². The van der Waals surface area contributed by atoms with E-state index in [0.29, 0.717) is 5.41 Å². The van der Waals surface area contributed by atoms with Gasteiger partial charge >= 0.3 is 0 Å². The van der Waals surface area contributed by atoms with E-state index in [1.54, 1.807) is 6.20 Å². The van der Waals surface area contributed by atoms with Crippen LogP contribution in [0.2, 0.25) is 0 Å². The van der Waals surface area contributed by atoms with Crippen molar-refractivity contribution in [2.75, 3.05) is 36.7 Å². The van der Waals surface area contributed by atoms with Gasteiger partial charge in [0.25, 0.3) is 0 Å². The summed E-state index contributed by atoms with van der Waals surface area (Å²) in [5.74, 6) is 2.37. The van der Waals surface area contributed by atoms with Gasteiger partial charge in [-0.05, 0) is 30.7 Å². The van der Waals surface area contributed by atoms with Gasteiger partial charge in [0.05, 0.1) is 0 Å². The summed E-state index contributed by atoms with van der Waals surface area (Å²) in [6, 6.07) is 1.91. The van der Waals surface area contributed by atoms with Gasteiger partial charge in [0.1, 0.15) is 5.82 Å². The van der Waals surface area contributed by atoms with Gasteiger partial charge < -0.3 is 10.2 Å². The lowest BCUT2D eigenvalue weighted by Crippen LogP contribution is -2.18. The van der Waals surface area contributed by atoms with E-state index < -0.39 is 0 Å². The minimum absolute atomic E-state index is 0.422. The molecule has 0 spiro atoms. The lowest BCUT2D eigenvalue weighted by Gasteiger charge is -2.16. The highest BCUT2D eigenvalue weighted by atomic mass is 35.5. The molecular formula is C12H19ClN4. The van der Waals surface area contributed by atoms with Crippen LogP contribution in [0, 0.1) is 5.41 Å². The molecule has 0 aromatic carbocycles. The van der Waals surface area contributed by atoms with Gasteiger partial charge in [-0.2, -0.15) is 4.98 Å². The third-order valence-electron chi connectivity index (χ3n) is 3.27. The molecule has 0 unspecified atom stereocenters. The Hall–Kier alpha value is -1.03. The van der Waals surface area contributed by atoms with Crippen molar-refractivity contribution in [1.82, 2.24) is 9.97 Å². The van der Waals surface area contributed by atoms with E-state index in [-0.39, 0.29) is 0 Å². The summed E-state index contributed by atoms with van der Waals surface area (Å²) in [5, 5.41) is 3.39. The molecule has 0 radical (unpaired) electrons. The smallest absolute Gasteiger partial charge is 0.226 e. The Bertz CT molecular complexity index is 377. The molecule has 0 atom stereocenters. The second-order valence-corrected chi connectivity index (χ2v) is 5.31. The first kappa shape index (κ1) is 12.4. The molecule has 2 rings (SSSR count). The lowest BCUT2D eigenvalue weighted by atomic mass is 10.0. The predicted molar refractivity (Wildman–Crippen MR) is 71.9 cm³/mol. The zero-order valence-electron chi connectivity index (χ0n) is 10.4. The summed E-state index contributed by atoms with van der Waals surface area (Å²) in [7, 11) is 3.88. The highest BCUT2D eigenvalue weighted by molar-refractivity contribution is 6.17. The fourth-order valence-corrected chi connectivity index (χ4v) is 2.23. The number of hydrogen-bond donors (Lipinski definition) is 1. The maximum atomic E-state index is 5.81. The van der Waals surface area contributed by atoms with Crippen LogP contribution in [0.25, 0.3) is 0 Å². The molecule has 0 saturated heterocycles. The Kier molecular flexibility index (Phi) is 3.72. The van der Waals surface area contributed by atoms with Crippen molar-refractivity contribution >= 4 is 23.4 Å². The largest absolute Gasteiger partial charge is 0.369 e. The predicted octanol–water partition coefficient (Wildman–Crippen LogP) is 2.36. The van der Waals surface area contributed by atoms with Crippen molar-refractivity contribution in [3.05, 3.63) is 12.3 Å². The van der Waals surface area contributed by atoms with Crippen LogP contribution < -0.4 is 10.2 Å². The minimum atomic E-state index is 0.422. The molecule has 1 aliphatic carbocycles. The molecule has 17 heavy (non-hydrogen) atoms. The van der Waals surface area contributed by atoms with Gasteiger partial charge in [0.2, 0.25) is 5.95 Å². The van der Waals surface area contributed by atoms with Gasteiger partial charge in [-0.1, -0.05) is 0 Å². The van der Waals surface area contributed by atoms with E-state index in [1.807, 2.05) is 25.1 Å². The average Bonchev–Trinajstić information content (AvgIpc) is 3.08. The second-order valence-electron chi connectivity index (χ2n) is 4.93. The number of alkyl halides is 1. The minimum Gasteiger partial charge on any atom is -0.369 e. The molecule has 5 heteroatoms. The highest BCUT2D eigenvalue weighted by Gasteiger charge is 2.41. The van der Waals surface area contributed by atoms with Crippen LogP contribution in [0.4, 0.5) is 11.8 Å². The first-order chi connectivity index (χ1) is 8.15. The van der Waals surface area contributed by atoms with Crippen molar-refractivity contribution in [3.63, 3.8) is 0 Å². The summed E-state index contributed by atoms with van der Waals surface area (Å²) in [6.07, 6.45) is 5.43. The van der Waals surface area contributed by atoms with Crippen molar-refractivity contribution < 1.29 is 0 Å². The van der Waals surface area contributed by atoms with Gasteiger partial charge in [-0.25, -0.2) is 4.98 Å². The SMILES string of the molecule is CN(C)c1nccc(NCC2(CCCl)CC2)n1. The molecule has 1 aromatic rings. The van der Waals surface area contributed by atoms with E-state index in [4.69, 9.17) is 11.6 Å². The quantitative estimate of drug-likeness (QED) is 0.792. The highest BCUT2D eigenvalue weighted by Crippen LogP contribution is 2.48. The molecule has 1 aliphatic rings. The summed E-state index contributed by atoms with van der Waals surface area (Å²) in [6.45, 7) is 0.962. The van der Waals surface area contributed by atoms with E-state index in [0.717, 1.165) is 30.6 Å². The Morgan fingerprint density at radius 3 is 2.82 bits per heavy atom. The number of halogens is 1. The molecule has 1 fully saturated rings. The average molecular weight is 255 g/mol. The summed E-state index contributed by atoms with van der Waals surface area (Å²) in [4.78, 5) is 10.5. The monoisotopic (exact) mass is 254 g/mol. The normalized spacial score (nSPS) is 16.6. The van der Waals surface area contributed by atoms with Crippen molar-refractivity contribution in [3.8, 4) is 0 Å². The van der Waals surface area contributed by atoms with Crippen LogP contribution >= 0.6 is 11.6 Å². The van der Waals surface area contributed by atoms with Gasteiger partial charge in [-0.3, -0.25) is 0 Å². The fourth-order valence-electron chi connectivity index (χ4n) is 1.83. The molecule has 0 amide bonds. The molecule has 1 heterocycles. The van der Waals surface area contributed by atoms with Crippen LogP contribution in [0.5, 0.6) is 0 Å². The standard InChI is InChI=1S/C12H19ClN4/c1-17(2)11-14-8-3-10(16-11)15-9-12(4-5-12)6-7-13/h3,8H,4-7,9H2,1-2H3,(H,14,15,16). The zero-order chi connectivity index (χ0) is 12.3. The Morgan fingerprint density at radius 1 is 1.47 bits per heavy atom. The maximum Gasteiger partial charge on any atom is 0.226 e. The summed E-state index contributed by atoms with van der Waals surface area (Å²) in [5.41, 5.74) is 0.422. The number of rotatable bonds is 6. The summed E-state index contributed by atoms with van der Waals surface area (Å²) < 4.78 is 0. The molecule has 1 saturated carbocycles. The fraction of sp³-hybridized carbons (Fsp3) is 0.667. The van der Waals surface area contributed by atoms with E-state index in [9.17, 15) is 0 Å². The molecule has 1 aromatic heterocycles. The zero-order valence-corrected chi connectivity index (χ0v) is 11.2. The van der Waals surface area contributed by atoms with Crippen molar-refractivity contribution in [1.29, 1.82) is 0 Å². The Morgan fingerprint density at radius 2 is 2.24 bits per heavy atom. The first-order valence-corrected chi connectivity index (χ1v) is 6.49. The van der Waals surface area contributed by atoms with Crippen molar-refractivity contribution in [2.24, 2.45) is 5.41 Å². The summed E-state index contributed by atoms with van der Waals surface area (Å²) >= 11 is 5.81. The van der Waals surface area contributed by atoms with Crippen molar-refractivity contribution in [2.45, 2.75) is 19.3 Å². The van der Waals surface area contributed by atoms with E-state index >= 15 is 0 Å².